The summed E-state index contributed by atoms with van der Waals surface area (Å²) in [5.74, 6) is -0.337. The molecule has 0 radical (unpaired) electrons. The van der Waals surface area contributed by atoms with Crippen molar-refractivity contribution in [3.63, 3.8) is 0 Å². The van der Waals surface area contributed by atoms with Crippen LogP contribution < -0.4 is 11.1 Å². The van der Waals surface area contributed by atoms with Crippen molar-refractivity contribution in [1.29, 1.82) is 0 Å². The van der Waals surface area contributed by atoms with Crippen LogP contribution in [0.2, 0.25) is 0 Å². The van der Waals surface area contributed by atoms with Gasteiger partial charge in [0.1, 0.15) is 5.82 Å². The lowest BCUT2D eigenvalue weighted by atomic mass is 9.79. The Bertz CT molecular complexity index is 696. The molecule has 0 spiro atoms. The average Bonchev–Trinajstić information content (AvgIpc) is 3.04. The first kappa shape index (κ1) is 17.0. The predicted octanol–water partition coefficient (Wildman–Crippen LogP) is 2.57. The summed E-state index contributed by atoms with van der Waals surface area (Å²) in [6.45, 7) is 1.41. The molecule has 0 saturated carbocycles. The number of anilines is 1. The van der Waals surface area contributed by atoms with Gasteiger partial charge in [-0.3, -0.25) is 4.79 Å². The zero-order chi connectivity index (χ0) is 17.0. The number of ether oxygens (including phenoxy) is 1. The van der Waals surface area contributed by atoms with Gasteiger partial charge in [0.15, 0.2) is 5.13 Å². The normalized spacial score (nSPS) is 16.8. The lowest BCUT2D eigenvalue weighted by Crippen LogP contribution is -2.46. The van der Waals surface area contributed by atoms with Crippen LogP contribution in [0.3, 0.4) is 0 Å². The van der Waals surface area contributed by atoms with Crippen LogP contribution in [0.25, 0.3) is 0 Å². The first-order valence-corrected chi connectivity index (χ1v) is 8.71. The number of aromatic nitrogens is 1. The van der Waals surface area contributed by atoms with Gasteiger partial charge in [0.2, 0.25) is 5.91 Å². The summed E-state index contributed by atoms with van der Waals surface area (Å²) in [4.78, 5) is 17.9. The van der Waals surface area contributed by atoms with Gasteiger partial charge in [-0.1, -0.05) is 12.1 Å². The van der Waals surface area contributed by atoms with Gasteiger partial charge in [0.05, 0.1) is 5.41 Å². The van der Waals surface area contributed by atoms with Gasteiger partial charge in [0, 0.05) is 37.3 Å². The first-order chi connectivity index (χ1) is 11.6. The molecular weight excluding hydrogens is 329 g/mol. The SMILES string of the molecule is NCC1(C(=O)Nc2ncc(Cc3ccc(F)cc3)s2)CCOCC1. The van der Waals surface area contributed by atoms with Crippen LogP contribution in [0.5, 0.6) is 0 Å². The zero-order valence-corrected chi connectivity index (χ0v) is 14.1. The van der Waals surface area contributed by atoms with Crippen molar-refractivity contribution in [2.24, 2.45) is 11.1 Å². The molecule has 1 aromatic heterocycles. The molecule has 1 aliphatic heterocycles. The maximum atomic E-state index is 12.9. The highest BCUT2D eigenvalue weighted by molar-refractivity contribution is 7.15. The summed E-state index contributed by atoms with van der Waals surface area (Å²) in [6, 6.07) is 6.38. The number of carbonyl (C=O) groups is 1. The minimum atomic E-state index is -0.568. The van der Waals surface area contributed by atoms with Crippen molar-refractivity contribution in [3.8, 4) is 0 Å². The number of carbonyl (C=O) groups excluding carboxylic acids is 1. The minimum absolute atomic E-state index is 0.0871. The molecule has 5 nitrogen and oxygen atoms in total. The maximum Gasteiger partial charge on any atom is 0.233 e. The van der Waals surface area contributed by atoms with Crippen LogP contribution >= 0.6 is 11.3 Å². The van der Waals surface area contributed by atoms with Gasteiger partial charge in [-0.15, -0.1) is 11.3 Å². The molecular formula is C17H20FN3O2S. The van der Waals surface area contributed by atoms with Crippen LogP contribution in [0.15, 0.2) is 30.5 Å². The van der Waals surface area contributed by atoms with Gasteiger partial charge in [-0.05, 0) is 30.5 Å². The minimum Gasteiger partial charge on any atom is -0.381 e. The Kier molecular flexibility index (Phi) is 5.23. The molecule has 1 fully saturated rings. The third kappa shape index (κ3) is 3.80. The quantitative estimate of drug-likeness (QED) is 0.870. The molecule has 0 unspecified atom stereocenters. The largest absolute Gasteiger partial charge is 0.381 e. The van der Waals surface area contributed by atoms with Gasteiger partial charge in [0.25, 0.3) is 0 Å². The fraction of sp³-hybridized carbons (Fsp3) is 0.412. The van der Waals surface area contributed by atoms with E-state index in [1.165, 1.54) is 23.5 Å². The Morgan fingerprint density at radius 2 is 2.04 bits per heavy atom. The van der Waals surface area contributed by atoms with E-state index in [0.29, 0.717) is 44.2 Å². The summed E-state index contributed by atoms with van der Waals surface area (Å²) in [6.07, 6.45) is 3.65. The summed E-state index contributed by atoms with van der Waals surface area (Å²) in [7, 11) is 0. The lowest BCUT2D eigenvalue weighted by Gasteiger charge is -2.34. The molecule has 0 aliphatic carbocycles. The molecule has 3 rings (SSSR count). The Morgan fingerprint density at radius 3 is 2.71 bits per heavy atom. The highest BCUT2D eigenvalue weighted by Crippen LogP contribution is 2.31. The molecule has 0 atom stereocenters. The fourth-order valence-electron chi connectivity index (χ4n) is 2.77. The fourth-order valence-corrected chi connectivity index (χ4v) is 3.61. The van der Waals surface area contributed by atoms with Crippen LogP contribution in [-0.2, 0) is 16.0 Å². The molecule has 1 aliphatic rings. The second-order valence-electron chi connectivity index (χ2n) is 5.99. The maximum absolute atomic E-state index is 12.9. The highest BCUT2D eigenvalue weighted by Gasteiger charge is 2.39. The van der Waals surface area contributed by atoms with Crippen LogP contribution in [0.4, 0.5) is 9.52 Å². The topological polar surface area (TPSA) is 77.2 Å². The van der Waals surface area contributed by atoms with Crippen molar-refractivity contribution in [1.82, 2.24) is 4.98 Å². The molecule has 128 valence electrons. The highest BCUT2D eigenvalue weighted by atomic mass is 32.1. The number of nitrogens with one attached hydrogen (secondary N) is 1. The predicted molar refractivity (Wildman–Crippen MR) is 91.5 cm³/mol. The van der Waals surface area contributed by atoms with Crippen molar-refractivity contribution in [3.05, 3.63) is 46.7 Å². The Morgan fingerprint density at radius 1 is 1.33 bits per heavy atom. The monoisotopic (exact) mass is 349 g/mol. The summed E-state index contributed by atoms with van der Waals surface area (Å²) in [5.41, 5.74) is 6.28. The van der Waals surface area contributed by atoms with Gasteiger partial charge < -0.3 is 15.8 Å². The number of benzene rings is 1. The number of rotatable bonds is 5. The smallest absolute Gasteiger partial charge is 0.233 e. The number of hydrogen-bond donors (Lipinski definition) is 2. The van der Waals surface area contributed by atoms with E-state index < -0.39 is 5.41 Å². The second kappa shape index (κ2) is 7.38. The van der Waals surface area contributed by atoms with E-state index in [1.54, 1.807) is 18.3 Å². The average molecular weight is 349 g/mol. The third-order valence-corrected chi connectivity index (χ3v) is 5.30. The molecule has 1 aromatic carbocycles. The zero-order valence-electron chi connectivity index (χ0n) is 13.3. The molecule has 1 saturated heterocycles. The van der Waals surface area contributed by atoms with Crippen molar-refractivity contribution < 1.29 is 13.9 Å². The number of hydrogen-bond acceptors (Lipinski definition) is 5. The van der Waals surface area contributed by atoms with Gasteiger partial charge >= 0.3 is 0 Å². The standard InChI is InChI=1S/C17H20FN3O2S/c18-13-3-1-12(2-4-13)9-14-10-20-16(24-14)21-15(22)17(11-19)5-7-23-8-6-17/h1-4,10H,5-9,11,19H2,(H,20,21,22). The summed E-state index contributed by atoms with van der Waals surface area (Å²) in [5, 5.41) is 3.46. The van der Waals surface area contributed by atoms with E-state index >= 15 is 0 Å². The lowest BCUT2D eigenvalue weighted by molar-refractivity contribution is -0.130. The number of thiazole rings is 1. The molecule has 2 aromatic rings. The first-order valence-electron chi connectivity index (χ1n) is 7.90. The van der Waals surface area contributed by atoms with E-state index in [9.17, 15) is 9.18 Å². The van der Waals surface area contributed by atoms with Crippen molar-refractivity contribution in [2.45, 2.75) is 19.3 Å². The molecule has 1 amide bonds. The Balaban J connectivity index is 1.65. The Hall–Kier alpha value is -1.83. The summed E-state index contributed by atoms with van der Waals surface area (Å²) >= 11 is 1.42. The van der Waals surface area contributed by atoms with E-state index in [1.807, 2.05) is 0 Å². The van der Waals surface area contributed by atoms with Gasteiger partial charge in [-0.2, -0.15) is 0 Å². The van der Waals surface area contributed by atoms with E-state index in [0.717, 1.165) is 10.4 Å². The number of amides is 1. The Labute approximate surface area is 144 Å². The van der Waals surface area contributed by atoms with E-state index in [-0.39, 0.29) is 11.7 Å². The molecule has 7 heteroatoms. The number of nitrogens with two attached hydrogens (primary N) is 1. The third-order valence-electron chi connectivity index (χ3n) is 4.39. The molecule has 2 heterocycles. The van der Waals surface area contributed by atoms with Crippen molar-refractivity contribution >= 4 is 22.4 Å². The molecule has 3 N–H and O–H groups in total. The second-order valence-corrected chi connectivity index (χ2v) is 7.10. The number of nitrogens with zero attached hydrogens (tertiary/aromatic N) is 1. The summed E-state index contributed by atoms with van der Waals surface area (Å²) < 4.78 is 18.3. The number of halogens is 1. The van der Waals surface area contributed by atoms with E-state index in [2.05, 4.69) is 10.3 Å². The molecule has 0 bridgehead atoms. The van der Waals surface area contributed by atoms with Gasteiger partial charge in [-0.25, -0.2) is 9.37 Å². The van der Waals surface area contributed by atoms with Crippen LogP contribution in [-0.4, -0.2) is 30.6 Å². The molecule has 24 heavy (non-hydrogen) atoms. The van der Waals surface area contributed by atoms with E-state index in [4.69, 9.17) is 10.5 Å². The van der Waals surface area contributed by atoms with Crippen LogP contribution in [0, 0.1) is 11.2 Å². The van der Waals surface area contributed by atoms with Crippen molar-refractivity contribution in [2.75, 3.05) is 25.1 Å². The van der Waals surface area contributed by atoms with Crippen LogP contribution in [0.1, 0.15) is 23.3 Å².